The van der Waals surface area contributed by atoms with Gasteiger partial charge in [0.1, 0.15) is 5.75 Å². The lowest BCUT2D eigenvalue weighted by Gasteiger charge is -2.24. The first-order valence-corrected chi connectivity index (χ1v) is 13.2. The van der Waals surface area contributed by atoms with E-state index >= 15 is 0 Å². The Balaban J connectivity index is 1.60. The minimum absolute atomic E-state index is 0.0166. The lowest BCUT2D eigenvalue weighted by molar-refractivity contribution is 0.271. The summed E-state index contributed by atoms with van der Waals surface area (Å²) in [6.07, 6.45) is 6.62. The normalized spacial score (nSPS) is 15.8. The molecule has 1 saturated heterocycles. The summed E-state index contributed by atoms with van der Waals surface area (Å²) in [5.41, 5.74) is 8.13. The van der Waals surface area contributed by atoms with Crippen LogP contribution in [-0.2, 0) is 6.61 Å². The number of nitrogens with zero attached hydrogens (tertiary/aromatic N) is 1. The number of halogens is 1. The molecule has 0 radical (unpaired) electrons. The van der Waals surface area contributed by atoms with Gasteiger partial charge in [-0.2, -0.15) is 0 Å². The van der Waals surface area contributed by atoms with Crippen LogP contribution in [0.1, 0.15) is 42.4 Å². The highest BCUT2D eigenvalue weighted by atomic mass is 35.5. The summed E-state index contributed by atoms with van der Waals surface area (Å²) in [6.45, 7) is 5.98. The average molecular weight is 501 g/mol. The van der Waals surface area contributed by atoms with Crippen LogP contribution in [0, 0.1) is 13.8 Å². The van der Waals surface area contributed by atoms with Crippen LogP contribution in [0.4, 0.5) is 0 Å². The topological polar surface area (TPSA) is 54.4 Å². The molecule has 4 nitrogen and oxygen atoms in total. The molecule has 0 aliphatic carbocycles. The smallest absolute Gasteiger partial charge is 0.138 e. The number of ether oxygens (including phenoxy) is 1. The van der Waals surface area contributed by atoms with Gasteiger partial charge in [-0.3, -0.25) is 4.98 Å². The van der Waals surface area contributed by atoms with E-state index in [4.69, 9.17) is 21.3 Å². The number of aliphatic hydroxyl groups excluding tert-OH is 1. The first-order chi connectivity index (χ1) is 17.5. The van der Waals surface area contributed by atoms with Crippen LogP contribution in [0.5, 0.6) is 5.75 Å². The molecule has 1 unspecified atom stereocenters. The van der Waals surface area contributed by atoms with Crippen molar-refractivity contribution < 1.29 is 9.84 Å². The second-order valence-corrected chi connectivity index (χ2v) is 10.3. The van der Waals surface area contributed by atoms with Crippen molar-refractivity contribution in [3.63, 3.8) is 0 Å². The molecule has 4 aromatic rings. The van der Waals surface area contributed by atoms with Gasteiger partial charge in [0.15, 0.2) is 0 Å². The van der Waals surface area contributed by atoms with Gasteiger partial charge in [0.05, 0.1) is 23.8 Å². The summed E-state index contributed by atoms with van der Waals surface area (Å²) in [5, 5.41) is 14.6. The zero-order chi connectivity index (χ0) is 25.1. The Morgan fingerprint density at radius 1 is 0.972 bits per heavy atom. The number of nitrogens with one attached hydrogen (secondary N) is 1. The van der Waals surface area contributed by atoms with Gasteiger partial charge in [-0.1, -0.05) is 71.6 Å². The highest BCUT2D eigenvalue weighted by Gasteiger charge is 2.18. The number of hydrogen-bond acceptors (Lipinski definition) is 4. The van der Waals surface area contributed by atoms with Crippen molar-refractivity contribution in [1.82, 2.24) is 10.3 Å². The van der Waals surface area contributed by atoms with Crippen LogP contribution in [0.25, 0.3) is 33.2 Å². The van der Waals surface area contributed by atoms with E-state index in [1.54, 1.807) is 0 Å². The molecule has 0 spiro atoms. The fraction of sp³-hybridized carbons (Fsp3) is 0.323. The molecule has 0 saturated carbocycles. The summed E-state index contributed by atoms with van der Waals surface area (Å²) >= 11 is 6.73. The largest absolute Gasteiger partial charge is 0.492 e. The molecule has 1 atom stereocenters. The number of hydrogen-bond donors (Lipinski definition) is 2. The molecular weight excluding hydrogens is 468 g/mol. The Kier molecular flexibility index (Phi) is 7.56. The van der Waals surface area contributed by atoms with E-state index in [1.165, 1.54) is 30.4 Å². The molecule has 0 bridgehead atoms. The highest BCUT2D eigenvalue weighted by molar-refractivity contribution is 6.34. The van der Waals surface area contributed by atoms with Crippen molar-refractivity contribution in [3.8, 4) is 28.0 Å². The maximum Gasteiger partial charge on any atom is 0.138 e. The maximum atomic E-state index is 9.43. The third kappa shape index (κ3) is 5.41. The molecule has 0 amide bonds. The van der Waals surface area contributed by atoms with Crippen molar-refractivity contribution >= 4 is 22.5 Å². The Hall–Kier alpha value is -2.92. The van der Waals surface area contributed by atoms with Gasteiger partial charge in [-0.25, -0.2) is 0 Å². The summed E-state index contributed by atoms with van der Waals surface area (Å²) in [7, 11) is 0. The minimum atomic E-state index is 0.0166. The standard InChI is InChI=1S/C31H33ClN2O2/c1-20-13-21(2)15-24(14-20)28-18-34-30-17-29(32)26(23-8-6-22(19-35)7-9-23)16-27(30)31(28)36-12-10-25-5-3-4-11-33-25/h6-9,13-18,25,33,35H,3-5,10-12,19H2,1-2H3. The molecule has 2 N–H and O–H groups in total. The quantitative estimate of drug-likeness (QED) is 0.281. The summed E-state index contributed by atoms with van der Waals surface area (Å²) in [5.74, 6) is 0.853. The van der Waals surface area contributed by atoms with Crippen molar-refractivity contribution in [3.05, 3.63) is 82.5 Å². The van der Waals surface area contributed by atoms with Crippen LogP contribution in [0.15, 0.2) is 60.8 Å². The number of fused-ring (bicyclic) bond motifs is 1. The van der Waals surface area contributed by atoms with Crippen LogP contribution in [0.2, 0.25) is 5.02 Å². The molecule has 5 rings (SSSR count). The predicted molar refractivity (Wildman–Crippen MR) is 149 cm³/mol. The van der Waals surface area contributed by atoms with Crippen molar-refractivity contribution in [2.75, 3.05) is 13.2 Å². The molecule has 1 fully saturated rings. The highest BCUT2D eigenvalue weighted by Crippen LogP contribution is 2.41. The Bertz CT molecular complexity index is 1340. The molecule has 186 valence electrons. The maximum absolute atomic E-state index is 9.43. The number of aromatic nitrogens is 1. The Labute approximate surface area is 218 Å². The second-order valence-electron chi connectivity index (χ2n) is 9.87. The first kappa shape index (κ1) is 24.8. The van der Waals surface area contributed by atoms with Gasteiger partial charge >= 0.3 is 0 Å². The van der Waals surface area contributed by atoms with Crippen LogP contribution in [-0.4, -0.2) is 29.3 Å². The molecular formula is C31H33ClN2O2. The number of benzene rings is 3. The molecule has 36 heavy (non-hydrogen) atoms. The zero-order valence-electron chi connectivity index (χ0n) is 21.0. The number of rotatable bonds is 7. The van der Waals surface area contributed by atoms with Crippen LogP contribution >= 0.6 is 11.6 Å². The lowest BCUT2D eigenvalue weighted by Crippen LogP contribution is -2.35. The van der Waals surface area contributed by atoms with E-state index in [2.05, 4.69) is 43.4 Å². The van der Waals surface area contributed by atoms with E-state index in [9.17, 15) is 5.11 Å². The third-order valence-corrected chi connectivity index (χ3v) is 7.33. The minimum Gasteiger partial charge on any atom is -0.492 e. The molecule has 1 aliphatic heterocycles. The number of aliphatic hydroxyl groups is 1. The lowest BCUT2D eigenvalue weighted by atomic mass is 9.97. The third-order valence-electron chi connectivity index (χ3n) is 7.01. The second kappa shape index (κ2) is 11.0. The van der Waals surface area contributed by atoms with Crippen LogP contribution < -0.4 is 10.1 Å². The zero-order valence-corrected chi connectivity index (χ0v) is 21.7. The average Bonchev–Trinajstić information content (AvgIpc) is 2.88. The summed E-state index contributed by atoms with van der Waals surface area (Å²) in [4.78, 5) is 4.79. The van der Waals surface area contributed by atoms with E-state index in [-0.39, 0.29) is 6.61 Å². The van der Waals surface area contributed by atoms with Crippen molar-refractivity contribution in [2.24, 2.45) is 0 Å². The fourth-order valence-corrected chi connectivity index (χ4v) is 5.43. The molecule has 1 aromatic heterocycles. The molecule has 5 heteroatoms. The van der Waals surface area contributed by atoms with E-state index in [0.717, 1.165) is 57.4 Å². The molecule has 1 aliphatic rings. The summed E-state index contributed by atoms with van der Waals surface area (Å²) < 4.78 is 6.60. The predicted octanol–water partition coefficient (Wildman–Crippen LogP) is 7.24. The van der Waals surface area contributed by atoms with Gasteiger partial charge in [0, 0.05) is 28.8 Å². The van der Waals surface area contributed by atoms with Gasteiger partial charge < -0.3 is 15.2 Å². The van der Waals surface area contributed by atoms with E-state index in [0.29, 0.717) is 17.7 Å². The van der Waals surface area contributed by atoms with E-state index in [1.807, 2.05) is 36.5 Å². The molecule has 2 heterocycles. The Morgan fingerprint density at radius 2 is 1.75 bits per heavy atom. The number of aryl methyl sites for hydroxylation is 2. The monoisotopic (exact) mass is 500 g/mol. The van der Waals surface area contributed by atoms with Crippen molar-refractivity contribution in [2.45, 2.75) is 52.2 Å². The SMILES string of the molecule is Cc1cc(C)cc(-c2cnc3cc(Cl)c(-c4ccc(CO)cc4)cc3c2OCCC2CCCCN2)c1. The fourth-order valence-electron chi connectivity index (χ4n) is 5.17. The van der Waals surface area contributed by atoms with E-state index < -0.39 is 0 Å². The van der Waals surface area contributed by atoms with Gasteiger partial charge in [-0.05, 0) is 68.5 Å². The van der Waals surface area contributed by atoms with Gasteiger partial charge in [-0.15, -0.1) is 0 Å². The first-order valence-electron chi connectivity index (χ1n) is 12.8. The van der Waals surface area contributed by atoms with Crippen molar-refractivity contribution in [1.29, 1.82) is 0 Å². The number of pyridine rings is 1. The van der Waals surface area contributed by atoms with Gasteiger partial charge in [0.25, 0.3) is 0 Å². The number of piperidine rings is 1. The Morgan fingerprint density at radius 3 is 2.44 bits per heavy atom. The van der Waals surface area contributed by atoms with Gasteiger partial charge in [0.2, 0.25) is 0 Å². The summed E-state index contributed by atoms with van der Waals surface area (Å²) in [6, 6.07) is 18.9. The molecule has 3 aromatic carbocycles. The van der Waals surface area contributed by atoms with Crippen LogP contribution in [0.3, 0.4) is 0 Å².